The number of rotatable bonds is 4. The molecule has 0 aliphatic carbocycles. The Hall–Kier alpha value is -2.32. The molecule has 1 aliphatic heterocycles. The number of urea groups is 1. The van der Waals surface area contributed by atoms with Crippen LogP contribution in [0.15, 0.2) is 18.2 Å². The smallest absolute Gasteiger partial charge is 0.319 e. The molecule has 1 aromatic carbocycles. The number of anilines is 1. The third kappa shape index (κ3) is 6.34. The van der Waals surface area contributed by atoms with Crippen LogP contribution in [-0.4, -0.2) is 81.3 Å². The minimum Gasteiger partial charge on any atom is -0.491 e. The predicted octanol–water partition coefficient (Wildman–Crippen LogP) is 2.65. The maximum Gasteiger partial charge on any atom is 0.319 e. The zero-order chi connectivity index (χ0) is 22.3. The van der Waals surface area contributed by atoms with Gasteiger partial charge in [0.2, 0.25) is 0 Å². The van der Waals surface area contributed by atoms with Crippen molar-refractivity contribution in [3.8, 4) is 5.75 Å². The first kappa shape index (κ1) is 24.0. The summed E-state index contributed by atoms with van der Waals surface area (Å²) < 4.78 is 11.7. The van der Waals surface area contributed by atoms with Crippen LogP contribution in [0, 0.1) is 5.92 Å². The molecule has 0 radical (unpaired) electrons. The third-order valence-corrected chi connectivity index (χ3v) is 5.55. The molecule has 1 heterocycles. The normalized spacial score (nSPS) is 23.6. The zero-order valence-corrected chi connectivity index (χ0v) is 19.0. The van der Waals surface area contributed by atoms with Gasteiger partial charge in [-0.2, -0.15) is 0 Å². The lowest BCUT2D eigenvalue weighted by molar-refractivity contribution is 0.0150. The molecule has 0 bridgehead atoms. The van der Waals surface area contributed by atoms with Crippen LogP contribution >= 0.6 is 0 Å². The Kier molecular flexibility index (Phi) is 8.92. The van der Waals surface area contributed by atoms with Gasteiger partial charge in [-0.15, -0.1) is 0 Å². The lowest BCUT2D eigenvalue weighted by Gasteiger charge is -2.34. The first-order chi connectivity index (χ1) is 14.3. The maximum absolute atomic E-state index is 13.1. The highest BCUT2D eigenvalue weighted by atomic mass is 16.5. The van der Waals surface area contributed by atoms with Crippen molar-refractivity contribution in [3.63, 3.8) is 0 Å². The van der Waals surface area contributed by atoms with E-state index >= 15 is 0 Å². The average molecular weight is 421 g/mol. The summed E-state index contributed by atoms with van der Waals surface area (Å²) in [5.74, 6) is 0.579. The van der Waals surface area contributed by atoms with Crippen molar-refractivity contribution >= 4 is 17.6 Å². The van der Waals surface area contributed by atoms with Crippen LogP contribution in [0.5, 0.6) is 5.75 Å². The van der Waals surface area contributed by atoms with Crippen molar-refractivity contribution in [2.75, 3.05) is 52.8 Å². The monoisotopic (exact) mass is 420 g/mol. The standard InChI is InChI=1S/C22H36N4O4/c1-7-10-23-22(28)24-17-8-9-18-19(11-17)30-14-16(3)25(4)12-15(2)20(29-6)13-26(5)21(18)27/h8-9,11,15-16,20H,7,10,12-14H2,1-6H3,(H2,23,24,28)/t15-,16+,20-/m0/s1. The van der Waals surface area contributed by atoms with Gasteiger partial charge in [-0.25, -0.2) is 4.79 Å². The molecule has 0 saturated carbocycles. The fraction of sp³-hybridized carbons (Fsp3) is 0.636. The second kappa shape index (κ2) is 11.2. The topological polar surface area (TPSA) is 83.1 Å². The Morgan fingerprint density at radius 1 is 1.27 bits per heavy atom. The Bertz CT molecular complexity index is 727. The summed E-state index contributed by atoms with van der Waals surface area (Å²) in [4.78, 5) is 29.0. The first-order valence-electron chi connectivity index (χ1n) is 10.6. The lowest BCUT2D eigenvalue weighted by Crippen LogP contribution is -2.45. The SMILES string of the molecule is CCCNC(=O)Nc1ccc2c(c1)OC[C@@H](C)N(C)C[C@H](C)[C@@H](OC)CN(C)C2=O. The number of nitrogens with one attached hydrogen (secondary N) is 2. The molecular weight excluding hydrogens is 384 g/mol. The van der Waals surface area contributed by atoms with Crippen molar-refractivity contribution in [3.05, 3.63) is 23.8 Å². The quantitative estimate of drug-likeness (QED) is 0.783. The summed E-state index contributed by atoms with van der Waals surface area (Å²) in [6.07, 6.45) is 0.786. The van der Waals surface area contributed by atoms with E-state index in [0.29, 0.717) is 36.7 Å². The summed E-state index contributed by atoms with van der Waals surface area (Å²) in [6.45, 7) is 8.56. The molecule has 0 spiro atoms. The van der Waals surface area contributed by atoms with Gasteiger partial charge >= 0.3 is 6.03 Å². The molecule has 0 unspecified atom stereocenters. The minimum atomic E-state index is -0.279. The molecule has 0 aromatic heterocycles. The van der Waals surface area contributed by atoms with Gasteiger partial charge in [-0.1, -0.05) is 13.8 Å². The number of hydrogen-bond acceptors (Lipinski definition) is 5. The highest BCUT2D eigenvalue weighted by Gasteiger charge is 2.27. The van der Waals surface area contributed by atoms with Gasteiger partial charge in [0.05, 0.1) is 11.7 Å². The van der Waals surface area contributed by atoms with E-state index < -0.39 is 0 Å². The number of carbonyl (C=O) groups is 2. The average Bonchev–Trinajstić information content (AvgIpc) is 2.72. The number of amides is 3. The molecular formula is C22H36N4O4. The fourth-order valence-electron chi connectivity index (χ4n) is 3.44. The van der Waals surface area contributed by atoms with Crippen molar-refractivity contribution < 1.29 is 19.1 Å². The van der Waals surface area contributed by atoms with Gasteiger partial charge in [0.25, 0.3) is 5.91 Å². The van der Waals surface area contributed by atoms with Gasteiger partial charge in [-0.05, 0) is 38.4 Å². The van der Waals surface area contributed by atoms with E-state index in [-0.39, 0.29) is 30.0 Å². The molecule has 168 valence electrons. The van der Waals surface area contributed by atoms with Crippen LogP contribution in [0.1, 0.15) is 37.6 Å². The summed E-state index contributed by atoms with van der Waals surface area (Å²) in [5, 5.41) is 5.57. The van der Waals surface area contributed by atoms with Crippen molar-refractivity contribution in [2.45, 2.75) is 39.3 Å². The number of hydrogen-bond donors (Lipinski definition) is 2. The summed E-state index contributed by atoms with van der Waals surface area (Å²) in [6, 6.07) is 5.00. The largest absolute Gasteiger partial charge is 0.491 e. The summed E-state index contributed by atoms with van der Waals surface area (Å²) in [7, 11) is 5.52. The molecule has 3 amide bonds. The van der Waals surface area contributed by atoms with E-state index in [1.807, 2.05) is 6.92 Å². The predicted molar refractivity (Wildman–Crippen MR) is 118 cm³/mol. The molecule has 2 N–H and O–H groups in total. The number of nitrogens with zero attached hydrogens (tertiary/aromatic N) is 2. The van der Waals surface area contributed by atoms with Crippen LogP contribution in [0.4, 0.5) is 10.5 Å². The number of benzene rings is 1. The van der Waals surface area contributed by atoms with E-state index in [1.165, 1.54) is 0 Å². The number of ether oxygens (including phenoxy) is 2. The molecule has 1 aliphatic rings. The lowest BCUT2D eigenvalue weighted by atomic mass is 10.0. The van der Waals surface area contributed by atoms with Crippen LogP contribution < -0.4 is 15.4 Å². The Labute approximate surface area is 179 Å². The second-order valence-electron chi connectivity index (χ2n) is 8.13. The summed E-state index contributed by atoms with van der Waals surface area (Å²) >= 11 is 0. The van der Waals surface area contributed by atoms with Crippen LogP contribution in [0.2, 0.25) is 0 Å². The van der Waals surface area contributed by atoms with E-state index in [2.05, 4.69) is 36.4 Å². The molecule has 8 nitrogen and oxygen atoms in total. The first-order valence-corrected chi connectivity index (χ1v) is 10.6. The summed E-state index contributed by atoms with van der Waals surface area (Å²) in [5.41, 5.74) is 1.05. The van der Waals surface area contributed by atoms with Gasteiger partial charge in [-0.3, -0.25) is 9.69 Å². The maximum atomic E-state index is 13.1. The Morgan fingerprint density at radius 2 is 2.00 bits per heavy atom. The highest BCUT2D eigenvalue weighted by molar-refractivity contribution is 5.98. The van der Waals surface area contributed by atoms with Gasteiger partial charge < -0.3 is 25.0 Å². The van der Waals surface area contributed by atoms with Crippen molar-refractivity contribution in [1.29, 1.82) is 0 Å². The molecule has 1 aromatic rings. The number of likely N-dealkylation sites (N-methyl/N-ethyl adjacent to an activating group) is 2. The van der Waals surface area contributed by atoms with Gasteiger partial charge in [0.1, 0.15) is 12.4 Å². The molecule has 8 heteroatoms. The van der Waals surface area contributed by atoms with Crippen molar-refractivity contribution in [2.24, 2.45) is 5.92 Å². The Morgan fingerprint density at radius 3 is 2.67 bits per heavy atom. The van der Waals surface area contributed by atoms with Crippen LogP contribution in [-0.2, 0) is 4.74 Å². The van der Waals surface area contributed by atoms with E-state index in [1.54, 1.807) is 37.3 Å². The van der Waals surface area contributed by atoms with E-state index in [0.717, 1.165) is 13.0 Å². The number of methoxy groups -OCH3 is 1. The van der Waals surface area contributed by atoms with Crippen molar-refractivity contribution in [1.82, 2.24) is 15.1 Å². The van der Waals surface area contributed by atoms with Gasteiger partial charge in [0, 0.05) is 51.6 Å². The Balaban J connectivity index is 2.32. The molecule has 0 saturated heterocycles. The molecule has 3 atom stereocenters. The highest BCUT2D eigenvalue weighted by Crippen LogP contribution is 2.26. The third-order valence-electron chi connectivity index (χ3n) is 5.55. The fourth-order valence-corrected chi connectivity index (χ4v) is 3.44. The molecule has 2 rings (SSSR count). The van der Waals surface area contributed by atoms with E-state index in [4.69, 9.17) is 9.47 Å². The zero-order valence-electron chi connectivity index (χ0n) is 19.0. The number of fused-ring (bicyclic) bond motifs is 1. The van der Waals surface area contributed by atoms with E-state index in [9.17, 15) is 9.59 Å². The van der Waals surface area contributed by atoms with Gasteiger partial charge in [0.15, 0.2) is 0 Å². The second-order valence-corrected chi connectivity index (χ2v) is 8.13. The molecule has 0 fully saturated rings. The molecule has 30 heavy (non-hydrogen) atoms. The minimum absolute atomic E-state index is 0.0689. The van der Waals surface area contributed by atoms with Crippen LogP contribution in [0.3, 0.4) is 0 Å². The number of carbonyl (C=O) groups excluding carboxylic acids is 2. The van der Waals surface area contributed by atoms with Crippen LogP contribution in [0.25, 0.3) is 0 Å².